The van der Waals surface area contributed by atoms with Gasteiger partial charge in [0.2, 0.25) is 0 Å². The van der Waals surface area contributed by atoms with Gasteiger partial charge in [-0.1, -0.05) is 19.1 Å². The number of amides is 2. The smallest absolute Gasteiger partial charge is 0.317 e. The van der Waals surface area contributed by atoms with Crippen molar-refractivity contribution in [2.24, 2.45) is 0 Å². The van der Waals surface area contributed by atoms with Gasteiger partial charge in [0, 0.05) is 38.6 Å². The molecule has 2 heterocycles. The van der Waals surface area contributed by atoms with Gasteiger partial charge in [-0.05, 0) is 43.0 Å². The van der Waals surface area contributed by atoms with E-state index in [4.69, 9.17) is 4.74 Å². The summed E-state index contributed by atoms with van der Waals surface area (Å²) < 4.78 is 7.61. The SMILES string of the molecule is CCCO[C@@H]1CCCN(C(=O)NCc2cccc(-n3cccn3)c2)C1. The number of aromatic nitrogens is 2. The summed E-state index contributed by atoms with van der Waals surface area (Å²) in [6, 6.07) is 9.90. The van der Waals surface area contributed by atoms with Crippen LogP contribution in [0.4, 0.5) is 4.79 Å². The molecule has 0 saturated carbocycles. The van der Waals surface area contributed by atoms with Crippen LogP contribution < -0.4 is 5.32 Å². The quantitative estimate of drug-likeness (QED) is 0.878. The van der Waals surface area contributed by atoms with E-state index < -0.39 is 0 Å². The Labute approximate surface area is 148 Å². The average Bonchev–Trinajstić information content (AvgIpc) is 3.20. The summed E-state index contributed by atoms with van der Waals surface area (Å²) in [4.78, 5) is 14.3. The number of carbonyl (C=O) groups is 1. The van der Waals surface area contributed by atoms with Crippen molar-refractivity contribution in [2.45, 2.75) is 38.8 Å². The Hall–Kier alpha value is -2.34. The molecule has 0 spiro atoms. The molecule has 0 radical (unpaired) electrons. The number of hydrogen-bond donors (Lipinski definition) is 1. The fourth-order valence-corrected chi connectivity index (χ4v) is 3.06. The summed E-state index contributed by atoms with van der Waals surface area (Å²) in [5, 5.41) is 7.26. The zero-order chi connectivity index (χ0) is 17.5. The van der Waals surface area contributed by atoms with E-state index in [1.165, 1.54) is 0 Å². The Morgan fingerprint density at radius 1 is 1.40 bits per heavy atom. The molecule has 1 aliphatic rings. The van der Waals surface area contributed by atoms with Crippen LogP contribution in [0, 0.1) is 0 Å². The number of nitrogens with zero attached hydrogens (tertiary/aromatic N) is 3. The van der Waals surface area contributed by atoms with E-state index >= 15 is 0 Å². The average molecular weight is 342 g/mol. The van der Waals surface area contributed by atoms with E-state index in [1.807, 2.05) is 46.1 Å². The third-order valence-corrected chi connectivity index (χ3v) is 4.35. The predicted octanol–water partition coefficient (Wildman–Crippen LogP) is 2.97. The topological polar surface area (TPSA) is 59.4 Å². The van der Waals surface area contributed by atoms with Crippen molar-refractivity contribution in [3.8, 4) is 5.69 Å². The molecule has 0 aliphatic carbocycles. The summed E-state index contributed by atoms with van der Waals surface area (Å²) in [6.45, 7) is 4.85. The third kappa shape index (κ3) is 4.82. The lowest BCUT2D eigenvalue weighted by Crippen LogP contribution is -2.47. The highest BCUT2D eigenvalue weighted by Crippen LogP contribution is 2.14. The molecular weight excluding hydrogens is 316 g/mol. The lowest BCUT2D eigenvalue weighted by Gasteiger charge is -2.32. The Bertz CT molecular complexity index is 672. The highest BCUT2D eigenvalue weighted by atomic mass is 16.5. The van der Waals surface area contributed by atoms with Crippen LogP contribution in [0.25, 0.3) is 5.69 Å². The largest absolute Gasteiger partial charge is 0.376 e. The maximum Gasteiger partial charge on any atom is 0.317 e. The van der Waals surface area contributed by atoms with Crippen molar-refractivity contribution in [3.63, 3.8) is 0 Å². The summed E-state index contributed by atoms with van der Waals surface area (Å²) in [5.74, 6) is 0. The standard InChI is InChI=1S/C19H26N4O2/c1-2-12-25-18-8-4-10-22(15-18)19(24)20-14-16-6-3-7-17(13-16)23-11-5-9-21-23/h3,5-7,9,11,13,18H,2,4,8,10,12,14-15H2,1H3,(H,20,24)/t18-/m1/s1. The summed E-state index contributed by atoms with van der Waals surface area (Å²) in [5.41, 5.74) is 2.04. The molecule has 6 nitrogen and oxygen atoms in total. The number of likely N-dealkylation sites (tertiary alicyclic amines) is 1. The van der Waals surface area contributed by atoms with Gasteiger partial charge in [0.1, 0.15) is 0 Å². The van der Waals surface area contributed by atoms with Gasteiger partial charge in [0.25, 0.3) is 0 Å². The van der Waals surface area contributed by atoms with Gasteiger partial charge in [-0.15, -0.1) is 0 Å². The molecule has 3 rings (SSSR count). The van der Waals surface area contributed by atoms with Gasteiger partial charge < -0.3 is 15.0 Å². The second-order valence-electron chi connectivity index (χ2n) is 6.36. The van der Waals surface area contributed by atoms with Crippen LogP contribution in [-0.4, -0.2) is 46.5 Å². The van der Waals surface area contributed by atoms with Crippen molar-refractivity contribution in [3.05, 3.63) is 48.3 Å². The summed E-state index contributed by atoms with van der Waals surface area (Å²) >= 11 is 0. The minimum Gasteiger partial charge on any atom is -0.376 e. The van der Waals surface area contributed by atoms with Gasteiger partial charge >= 0.3 is 6.03 Å². The maximum atomic E-state index is 12.4. The van der Waals surface area contributed by atoms with Crippen molar-refractivity contribution >= 4 is 6.03 Å². The lowest BCUT2D eigenvalue weighted by atomic mass is 10.1. The number of urea groups is 1. The molecule has 134 valence electrons. The molecule has 1 aliphatic heterocycles. The number of nitrogens with one attached hydrogen (secondary N) is 1. The highest BCUT2D eigenvalue weighted by Gasteiger charge is 2.23. The molecule has 1 aromatic carbocycles. The molecule has 1 atom stereocenters. The van der Waals surface area contributed by atoms with Gasteiger partial charge in [-0.25, -0.2) is 9.48 Å². The molecule has 25 heavy (non-hydrogen) atoms. The van der Waals surface area contributed by atoms with Crippen molar-refractivity contribution in [1.29, 1.82) is 0 Å². The van der Waals surface area contributed by atoms with Crippen molar-refractivity contribution in [1.82, 2.24) is 20.0 Å². The van der Waals surface area contributed by atoms with Crippen LogP contribution >= 0.6 is 0 Å². The zero-order valence-electron chi connectivity index (χ0n) is 14.7. The zero-order valence-corrected chi connectivity index (χ0v) is 14.7. The molecule has 0 unspecified atom stereocenters. The summed E-state index contributed by atoms with van der Waals surface area (Å²) in [6.07, 6.45) is 6.87. The first kappa shape index (κ1) is 17.5. The van der Waals surface area contributed by atoms with Crippen LogP contribution in [0.3, 0.4) is 0 Å². The number of carbonyl (C=O) groups excluding carboxylic acids is 1. The number of piperidine rings is 1. The molecule has 1 fully saturated rings. The highest BCUT2D eigenvalue weighted by molar-refractivity contribution is 5.74. The third-order valence-electron chi connectivity index (χ3n) is 4.35. The molecule has 2 amide bonds. The van der Waals surface area contributed by atoms with Crippen LogP contribution in [0.1, 0.15) is 31.7 Å². The first-order valence-electron chi connectivity index (χ1n) is 8.99. The van der Waals surface area contributed by atoms with Gasteiger partial charge in [0.05, 0.1) is 11.8 Å². The molecule has 1 saturated heterocycles. The van der Waals surface area contributed by atoms with E-state index in [2.05, 4.69) is 17.3 Å². The van der Waals surface area contributed by atoms with Gasteiger partial charge in [-0.2, -0.15) is 5.10 Å². The Morgan fingerprint density at radius 3 is 3.12 bits per heavy atom. The first-order chi connectivity index (χ1) is 12.3. The number of ether oxygens (including phenoxy) is 1. The number of benzene rings is 1. The minimum atomic E-state index is -0.0192. The Morgan fingerprint density at radius 2 is 2.32 bits per heavy atom. The van der Waals surface area contributed by atoms with E-state index in [0.29, 0.717) is 13.1 Å². The summed E-state index contributed by atoms with van der Waals surface area (Å²) in [7, 11) is 0. The lowest BCUT2D eigenvalue weighted by molar-refractivity contribution is 0.0100. The number of rotatable bonds is 6. The molecule has 2 aromatic rings. The fraction of sp³-hybridized carbons (Fsp3) is 0.474. The Kier molecular flexibility index (Phi) is 6.06. The van der Waals surface area contributed by atoms with Gasteiger partial charge in [-0.3, -0.25) is 0 Å². The Balaban J connectivity index is 1.53. The van der Waals surface area contributed by atoms with E-state index in [-0.39, 0.29) is 12.1 Å². The monoisotopic (exact) mass is 342 g/mol. The molecular formula is C19H26N4O2. The van der Waals surface area contributed by atoms with E-state index in [9.17, 15) is 4.79 Å². The predicted molar refractivity (Wildman–Crippen MR) is 96.6 cm³/mol. The van der Waals surface area contributed by atoms with Crippen LogP contribution in [-0.2, 0) is 11.3 Å². The first-order valence-corrected chi connectivity index (χ1v) is 8.99. The van der Waals surface area contributed by atoms with Crippen molar-refractivity contribution < 1.29 is 9.53 Å². The molecule has 6 heteroatoms. The fourth-order valence-electron chi connectivity index (χ4n) is 3.06. The molecule has 1 aromatic heterocycles. The van der Waals surface area contributed by atoms with Crippen molar-refractivity contribution in [2.75, 3.05) is 19.7 Å². The minimum absolute atomic E-state index is 0.0192. The molecule has 0 bridgehead atoms. The van der Waals surface area contributed by atoms with Crippen LogP contribution in [0.2, 0.25) is 0 Å². The van der Waals surface area contributed by atoms with E-state index in [0.717, 1.165) is 43.7 Å². The maximum absolute atomic E-state index is 12.4. The van der Waals surface area contributed by atoms with Gasteiger partial charge in [0.15, 0.2) is 0 Å². The van der Waals surface area contributed by atoms with Crippen LogP contribution in [0.15, 0.2) is 42.7 Å². The molecule has 1 N–H and O–H groups in total. The second-order valence-corrected chi connectivity index (χ2v) is 6.36. The number of hydrogen-bond acceptors (Lipinski definition) is 3. The van der Waals surface area contributed by atoms with E-state index in [1.54, 1.807) is 6.20 Å². The normalized spacial score (nSPS) is 17.5. The second kappa shape index (κ2) is 8.67. The van der Waals surface area contributed by atoms with Crippen LogP contribution in [0.5, 0.6) is 0 Å².